The van der Waals surface area contributed by atoms with Gasteiger partial charge in [-0.2, -0.15) is 10.1 Å². The minimum absolute atomic E-state index is 0.0601. The Balaban J connectivity index is 0.000000141. The number of aryl methyl sites for hydroxylation is 1. The number of benzene rings is 4. The van der Waals surface area contributed by atoms with Crippen molar-refractivity contribution in [2.24, 2.45) is 12.0 Å². The number of anilines is 4. The van der Waals surface area contributed by atoms with E-state index in [1.54, 1.807) is 31.3 Å². The van der Waals surface area contributed by atoms with Crippen LogP contribution in [0.3, 0.4) is 0 Å². The zero-order chi connectivity index (χ0) is 49.6. The third-order valence-corrected chi connectivity index (χ3v) is 12.4. The number of H-pyrrole nitrogens is 1. The van der Waals surface area contributed by atoms with Crippen molar-refractivity contribution in [3.63, 3.8) is 0 Å². The van der Waals surface area contributed by atoms with E-state index in [2.05, 4.69) is 72.2 Å². The van der Waals surface area contributed by atoms with E-state index in [9.17, 15) is 14.4 Å². The number of carbonyl (C=O) groups is 3. The highest BCUT2D eigenvalue weighted by molar-refractivity contribution is 9.10. The second kappa shape index (κ2) is 21.8. The summed E-state index contributed by atoms with van der Waals surface area (Å²) in [5, 5.41) is 19.5. The number of aliphatic imine (C=N–C) groups is 1. The molecule has 0 radical (unpaired) electrons. The lowest BCUT2D eigenvalue weighted by molar-refractivity contribution is 0.0596. The first kappa shape index (κ1) is 50.3. The SMILES string of the molecule is CC(=O)c1cc2ccc(Br)cc2[nH]1.CC1=NCc2ccc(N(C(=O)OC(C)(C)C)c3ccnc(Cl)n3)cc21.Cn1ncc2cc(Nc3ccnc(Cl)n3)ccc21.O=C(O)c1cc2ccc(Br)cc2s1. The van der Waals surface area contributed by atoms with E-state index in [0.29, 0.717) is 34.4 Å². The van der Waals surface area contributed by atoms with Crippen LogP contribution in [0.25, 0.3) is 31.9 Å². The maximum absolute atomic E-state index is 12.8. The van der Waals surface area contributed by atoms with Crippen molar-refractivity contribution >= 4 is 145 Å². The summed E-state index contributed by atoms with van der Waals surface area (Å²) in [4.78, 5) is 59.7. The second-order valence-corrected chi connectivity index (χ2v) is 19.8. The van der Waals surface area contributed by atoms with Crippen LogP contribution >= 0.6 is 66.4 Å². The number of hydrogen-bond donors (Lipinski definition) is 3. The smallest absolute Gasteiger partial charge is 0.420 e. The number of ether oxygens (including phenoxy) is 1. The highest BCUT2D eigenvalue weighted by Crippen LogP contribution is 2.32. The number of aromatic carboxylic acids is 1. The lowest BCUT2D eigenvalue weighted by Gasteiger charge is -2.27. The molecule has 6 heterocycles. The summed E-state index contributed by atoms with van der Waals surface area (Å²) in [5.41, 5.74) is 6.76. The van der Waals surface area contributed by atoms with Crippen molar-refractivity contribution in [3.05, 3.63) is 157 Å². The maximum atomic E-state index is 12.8. The predicted octanol–water partition coefficient (Wildman–Crippen LogP) is 13.8. The summed E-state index contributed by atoms with van der Waals surface area (Å²) in [7, 11) is 1.92. The topological polar surface area (TPSA) is 193 Å². The number of hydrogen-bond acceptors (Lipinski definition) is 12. The van der Waals surface area contributed by atoms with Gasteiger partial charge in [0.2, 0.25) is 10.6 Å². The fraction of sp³-hybridized carbons (Fsp3) is 0.163. The van der Waals surface area contributed by atoms with Gasteiger partial charge in [0.25, 0.3) is 0 Å². The van der Waals surface area contributed by atoms with Crippen LogP contribution in [0.2, 0.25) is 10.6 Å². The molecule has 0 saturated heterocycles. The number of carbonyl (C=O) groups excluding carboxylic acids is 2. The predicted molar refractivity (Wildman–Crippen MR) is 281 cm³/mol. The van der Waals surface area contributed by atoms with Crippen molar-refractivity contribution < 1.29 is 24.2 Å². The van der Waals surface area contributed by atoms with Crippen LogP contribution in [0.1, 0.15) is 65.9 Å². The standard InChI is InChI=1S/C18H19ClN4O2.C12H10ClN5.C10H8BrNO.C9H5BrO2S/c1-11-14-9-13(6-5-12(14)10-21-11)23(17(24)25-18(2,3)4)15-7-8-20-16(19)22-15;1-18-10-3-2-9(6-8(10)7-15-18)16-11-4-5-14-12(13)17-11;1-6(13)9-4-7-2-3-8(11)5-10(7)12-9;10-6-2-1-5-3-8(9(11)12)13-7(5)4-6/h5-9H,10H2,1-4H3;2-7H,1H3,(H,14,16,17);2-5,12H,1H3;1-4H,(H,11,12). The molecule has 0 atom stereocenters. The van der Waals surface area contributed by atoms with Gasteiger partial charge in [0, 0.05) is 79.3 Å². The first-order valence-electron chi connectivity index (χ1n) is 20.8. The molecule has 10 rings (SSSR count). The minimum atomic E-state index is -0.864. The third kappa shape index (κ3) is 13.2. The molecule has 0 bridgehead atoms. The van der Waals surface area contributed by atoms with Crippen molar-refractivity contribution in [2.75, 3.05) is 10.2 Å². The average Bonchev–Trinajstić information content (AvgIpc) is 4.09. The van der Waals surface area contributed by atoms with Gasteiger partial charge >= 0.3 is 12.1 Å². The number of fused-ring (bicyclic) bond motifs is 4. The second-order valence-electron chi connectivity index (χ2n) is 16.2. The monoisotopic (exact) mass is 1110 g/mol. The lowest BCUT2D eigenvalue weighted by Crippen LogP contribution is -2.34. The molecule has 1 aliphatic heterocycles. The molecule has 352 valence electrons. The Morgan fingerprint density at radius 1 is 0.855 bits per heavy atom. The molecule has 0 unspecified atom stereocenters. The van der Waals surface area contributed by atoms with Crippen LogP contribution in [-0.2, 0) is 18.3 Å². The highest BCUT2D eigenvalue weighted by atomic mass is 79.9. The van der Waals surface area contributed by atoms with Gasteiger partial charge in [0.15, 0.2) is 5.78 Å². The summed E-state index contributed by atoms with van der Waals surface area (Å²) < 4.78 is 10.4. The number of ketones is 1. The molecule has 69 heavy (non-hydrogen) atoms. The van der Waals surface area contributed by atoms with Crippen LogP contribution in [0.15, 0.2) is 130 Å². The van der Waals surface area contributed by atoms with Gasteiger partial charge in [-0.1, -0.05) is 50.1 Å². The fourth-order valence-electron chi connectivity index (χ4n) is 6.75. The highest BCUT2D eigenvalue weighted by Gasteiger charge is 2.27. The van der Waals surface area contributed by atoms with Gasteiger partial charge < -0.3 is 20.1 Å². The van der Waals surface area contributed by atoms with Gasteiger partial charge in [-0.25, -0.2) is 29.4 Å². The van der Waals surface area contributed by atoms with E-state index in [1.165, 1.54) is 22.4 Å². The number of Topliss-reactive ketones (excluding diaryl/α,β-unsaturated/α-hetero) is 1. The molecule has 15 nitrogen and oxygen atoms in total. The molecule has 0 aliphatic carbocycles. The molecule has 20 heteroatoms. The normalized spacial score (nSPS) is 11.6. The molecule has 1 aliphatic rings. The lowest BCUT2D eigenvalue weighted by atomic mass is 10.1. The molecule has 3 N–H and O–H groups in total. The van der Waals surface area contributed by atoms with Crippen molar-refractivity contribution in [1.82, 2.24) is 34.7 Å². The number of nitrogens with zero attached hydrogens (tertiary/aromatic N) is 8. The molecule has 0 fully saturated rings. The number of thiophene rings is 1. The van der Waals surface area contributed by atoms with E-state index in [4.69, 9.17) is 33.0 Å². The Labute approximate surface area is 426 Å². The number of carboxylic acid groups (broad SMARTS) is 1. The first-order chi connectivity index (χ1) is 32.8. The quantitative estimate of drug-likeness (QED) is 0.106. The Bertz CT molecular complexity index is 3320. The van der Waals surface area contributed by atoms with E-state index in [1.807, 2.05) is 124 Å². The molecule has 0 saturated carbocycles. The zero-order valence-electron chi connectivity index (χ0n) is 37.8. The number of aromatic nitrogens is 7. The Morgan fingerprint density at radius 2 is 1.57 bits per heavy atom. The van der Waals surface area contributed by atoms with Crippen LogP contribution in [0.4, 0.5) is 27.8 Å². The average molecular weight is 1110 g/mol. The molecular weight excluding hydrogens is 1070 g/mol. The van der Waals surface area contributed by atoms with Crippen LogP contribution < -0.4 is 10.2 Å². The number of halogens is 4. The van der Waals surface area contributed by atoms with Gasteiger partial charge in [-0.15, -0.1) is 11.3 Å². The Morgan fingerprint density at radius 3 is 2.26 bits per heavy atom. The van der Waals surface area contributed by atoms with Crippen molar-refractivity contribution in [3.8, 4) is 0 Å². The third-order valence-electron chi connectivity index (χ3n) is 9.95. The zero-order valence-corrected chi connectivity index (χ0v) is 43.3. The molecular formula is C49H42Br2Cl2N10O5S. The number of rotatable bonds is 6. The van der Waals surface area contributed by atoms with Crippen molar-refractivity contribution in [1.29, 1.82) is 0 Å². The van der Waals surface area contributed by atoms with Crippen LogP contribution in [0.5, 0.6) is 0 Å². The number of carboxylic acids is 1. The summed E-state index contributed by atoms with van der Waals surface area (Å²) in [5.74, 6) is 0.213. The maximum Gasteiger partial charge on any atom is 0.420 e. The summed E-state index contributed by atoms with van der Waals surface area (Å²) in [6.45, 7) is 9.61. The van der Waals surface area contributed by atoms with Gasteiger partial charge in [0.1, 0.15) is 22.1 Å². The molecule has 4 aromatic carbocycles. The molecule has 0 spiro atoms. The summed E-state index contributed by atoms with van der Waals surface area (Å²) in [6, 6.07) is 30.3. The fourth-order valence-corrected chi connectivity index (χ4v) is 8.85. The first-order valence-corrected chi connectivity index (χ1v) is 24.0. The van der Waals surface area contributed by atoms with E-state index in [-0.39, 0.29) is 16.4 Å². The Kier molecular flexibility index (Phi) is 15.9. The van der Waals surface area contributed by atoms with Gasteiger partial charge in [-0.3, -0.25) is 14.5 Å². The Hall–Kier alpha value is -6.57. The molecule has 1 amide bonds. The summed E-state index contributed by atoms with van der Waals surface area (Å²) >= 11 is 19.6. The summed E-state index contributed by atoms with van der Waals surface area (Å²) in [6.07, 6.45) is 4.41. The van der Waals surface area contributed by atoms with E-state index < -0.39 is 17.7 Å². The van der Waals surface area contributed by atoms with Gasteiger partial charge in [-0.05, 0) is 135 Å². The molecule has 9 aromatic rings. The van der Waals surface area contributed by atoms with Gasteiger partial charge in [0.05, 0.1) is 29.6 Å². The van der Waals surface area contributed by atoms with E-state index in [0.717, 1.165) is 63.4 Å². The largest absolute Gasteiger partial charge is 0.477 e. The molecule has 5 aromatic heterocycles. The minimum Gasteiger partial charge on any atom is -0.477 e. The number of aromatic amines is 1. The van der Waals surface area contributed by atoms with Crippen LogP contribution in [-0.4, -0.2) is 69.0 Å². The number of amides is 1. The van der Waals surface area contributed by atoms with Crippen LogP contribution in [0, 0.1) is 0 Å². The number of nitrogens with one attached hydrogen (secondary N) is 2. The van der Waals surface area contributed by atoms with E-state index >= 15 is 0 Å². The van der Waals surface area contributed by atoms with Crippen molar-refractivity contribution in [2.45, 2.75) is 46.8 Å².